The van der Waals surface area contributed by atoms with Crippen LogP contribution in [0.4, 0.5) is 5.82 Å². The molecule has 0 saturated heterocycles. The van der Waals surface area contributed by atoms with Crippen molar-refractivity contribution in [3.63, 3.8) is 0 Å². The monoisotopic (exact) mass is 431 g/mol. The topological polar surface area (TPSA) is 80.9 Å². The maximum absolute atomic E-state index is 12.1. The van der Waals surface area contributed by atoms with Crippen molar-refractivity contribution in [3.05, 3.63) is 60.0 Å². The number of pyridine rings is 1. The molecule has 4 rings (SSSR count). The van der Waals surface area contributed by atoms with Gasteiger partial charge in [0.25, 0.3) is 5.91 Å². The molecule has 3 heterocycles. The Balaban J connectivity index is 1.81. The molecule has 1 amide bonds. The molecule has 0 aliphatic carbocycles. The molecule has 1 aromatic carbocycles. The zero-order chi connectivity index (χ0) is 22.7. The first kappa shape index (κ1) is 21.5. The maximum Gasteiger partial charge on any atom is 0.251 e. The minimum Gasteiger partial charge on any atom is -0.357 e. The van der Waals surface area contributed by atoms with Crippen molar-refractivity contribution >= 4 is 22.8 Å². The molecule has 0 saturated carbocycles. The Morgan fingerprint density at radius 1 is 1.09 bits per heavy atom. The van der Waals surface area contributed by atoms with Crippen molar-refractivity contribution in [3.8, 4) is 11.4 Å². The van der Waals surface area contributed by atoms with Gasteiger partial charge >= 0.3 is 0 Å². The first-order chi connectivity index (χ1) is 15.6. The van der Waals surface area contributed by atoms with Gasteiger partial charge in [0.05, 0.1) is 23.3 Å². The highest BCUT2D eigenvalue weighted by molar-refractivity contribution is 5.97. The van der Waals surface area contributed by atoms with Crippen LogP contribution >= 0.6 is 0 Å². The molecular weight excluding hydrogens is 402 g/mol. The van der Waals surface area contributed by atoms with Crippen molar-refractivity contribution in [2.24, 2.45) is 0 Å². The molecule has 0 spiro atoms. The van der Waals surface area contributed by atoms with Crippen molar-refractivity contribution < 1.29 is 4.79 Å². The van der Waals surface area contributed by atoms with Gasteiger partial charge in [-0.15, -0.1) is 0 Å². The number of imidazole rings is 1. The van der Waals surface area contributed by atoms with Gasteiger partial charge in [0, 0.05) is 50.2 Å². The van der Waals surface area contributed by atoms with Gasteiger partial charge in [-0.3, -0.25) is 9.48 Å². The average Bonchev–Trinajstić information content (AvgIpc) is 3.44. The normalized spacial score (nSPS) is 11.1. The number of rotatable bonds is 8. The van der Waals surface area contributed by atoms with E-state index >= 15 is 0 Å². The predicted octanol–water partition coefficient (Wildman–Crippen LogP) is 3.57. The predicted molar refractivity (Wildman–Crippen MR) is 127 cm³/mol. The average molecular weight is 432 g/mol. The summed E-state index contributed by atoms with van der Waals surface area (Å²) >= 11 is 0. The summed E-state index contributed by atoms with van der Waals surface area (Å²) in [4.78, 5) is 23.9. The van der Waals surface area contributed by atoms with Crippen LogP contribution in [0.5, 0.6) is 0 Å². The summed E-state index contributed by atoms with van der Waals surface area (Å²) in [7, 11) is 1.63. The smallest absolute Gasteiger partial charge is 0.251 e. The summed E-state index contributed by atoms with van der Waals surface area (Å²) in [6, 6.07) is 11.7. The van der Waals surface area contributed by atoms with E-state index in [1.54, 1.807) is 7.05 Å². The Morgan fingerprint density at radius 2 is 1.91 bits per heavy atom. The molecule has 0 fully saturated rings. The number of carbonyl (C=O) groups is 1. The summed E-state index contributed by atoms with van der Waals surface area (Å²) in [5, 5.41) is 7.32. The Hall–Kier alpha value is -3.68. The first-order valence-corrected chi connectivity index (χ1v) is 11.0. The third-order valence-electron chi connectivity index (χ3n) is 5.67. The van der Waals surface area contributed by atoms with E-state index in [-0.39, 0.29) is 5.91 Å². The van der Waals surface area contributed by atoms with E-state index < -0.39 is 0 Å². The summed E-state index contributed by atoms with van der Waals surface area (Å²) in [5.41, 5.74) is 4.18. The molecule has 1 N–H and O–H groups in total. The van der Waals surface area contributed by atoms with Gasteiger partial charge in [-0.1, -0.05) is 0 Å². The van der Waals surface area contributed by atoms with Crippen LogP contribution in [0.1, 0.15) is 36.8 Å². The van der Waals surface area contributed by atoms with Crippen LogP contribution in [0.3, 0.4) is 0 Å². The van der Waals surface area contributed by atoms with Crippen molar-refractivity contribution in [2.45, 2.75) is 33.9 Å². The van der Waals surface area contributed by atoms with Gasteiger partial charge in [-0.05, 0) is 57.2 Å². The molecule has 166 valence electrons. The highest BCUT2D eigenvalue weighted by atomic mass is 16.1. The molecule has 8 heteroatoms. The lowest BCUT2D eigenvalue weighted by Gasteiger charge is -2.19. The Labute approximate surface area is 187 Å². The minimum absolute atomic E-state index is 0.130. The number of aryl methyl sites for hydroxylation is 1. The van der Waals surface area contributed by atoms with Gasteiger partial charge < -0.3 is 14.8 Å². The zero-order valence-electron chi connectivity index (χ0n) is 19.0. The van der Waals surface area contributed by atoms with E-state index in [4.69, 9.17) is 4.98 Å². The number of fused-ring (bicyclic) bond motifs is 1. The number of hydrogen-bond donors (Lipinski definition) is 1. The Kier molecular flexibility index (Phi) is 6.20. The molecule has 4 aromatic rings. The fraction of sp³-hybridized carbons (Fsp3) is 0.333. The largest absolute Gasteiger partial charge is 0.357 e. The third-order valence-corrected chi connectivity index (χ3v) is 5.67. The van der Waals surface area contributed by atoms with E-state index in [9.17, 15) is 4.79 Å². The van der Waals surface area contributed by atoms with Crippen LogP contribution in [0.2, 0.25) is 0 Å². The second-order valence-corrected chi connectivity index (χ2v) is 7.54. The molecule has 0 aliphatic heterocycles. The van der Waals surface area contributed by atoms with Crippen LogP contribution < -0.4 is 10.2 Å². The zero-order valence-corrected chi connectivity index (χ0v) is 19.0. The molecule has 0 radical (unpaired) electrons. The van der Waals surface area contributed by atoms with Crippen molar-refractivity contribution in [1.29, 1.82) is 0 Å². The van der Waals surface area contributed by atoms with Crippen LogP contribution in [-0.4, -0.2) is 50.4 Å². The second kappa shape index (κ2) is 9.21. The molecule has 0 bridgehead atoms. The molecule has 0 unspecified atom stereocenters. The van der Waals surface area contributed by atoms with E-state index in [1.165, 1.54) is 0 Å². The van der Waals surface area contributed by atoms with Gasteiger partial charge in [-0.25, -0.2) is 9.97 Å². The maximum atomic E-state index is 12.1. The van der Waals surface area contributed by atoms with E-state index in [0.717, 1.165) is 53.6 Å². The van der Waals surface area contributed by atoms with Crippen LogP contribution in [0.15, 0.2) is 48.8 Å². The molecule has 8 nitrogen and oxygen atoms in total. The van der Waals surface area contributed by atoms with Gasteiger partial charge in [0.2, 0.25) is 0 Å². The lowest BCUT2D eigenvalue weighted by atomic mass is 10.2. The standard InChI is InChI=1S/C24H29N7O/c1-5-29(6-2)22-11-9-18(15-26-22)23-27-20-14-17(24(32)25-4)8-10-21(20)31(23)16-19-12-13-30(7-3)28-19/h8-15H,5-7,16H2,1-4H3,(H,25,32). The molecule has 3 aromatic heterocycles. The van der Waals surface area contributed by atoms with Crippen LogP contribution in [-0.2, 0) is 13.1 Å². The molecule has 32 heavy (non-hydrogen) atoms. The Morgan fingerprint density at radius 3 is 2.53 bits per heavy atom. The highest BCUT2D eigenvalue weighted by Gasteiger charge is 2.17. The third kappa shape index (κ3) is 4.08. The Bertz CT molecular complexity index is 1220. The fourth-order valence-corrected chi connectivity index (χ4v) is 3.87. The van der Waals surface area contributed by atoms with Crippen molar-refractivity contribution in [1.82, 2.24) is 29.6 Å². The summed E-state index contributed by atoms with van der Waals surface area (Å²) in [5.74, 6) is 1.62. The van der Waals surface area contributed by atoms with E-state index in [0.29, 0.717) is 12.1 Å². The van der Waals surface area contributed by atoms with E-state index in [1.807, 2.05) is 47.4 Å². The number of aromatic nitrogens is 5. The lowest BCUT2D eigenvalue weighted by molar-refractivity contribution is 0.0963. The number of anilines is 1. The van der Waals surface area contributed by atoms with Gasteiger partial charge in [0.15, 0.2) is 0 Å². The summed E-state index contributed by atoms with van der Waals surface area (Å²) < 4.78 is 4.05. The molecular formula is C24H29N7O. The van der Waals surface area contributed by atoms with Crippen LogP contribution in [0.25, 0.3) is 22.4 Å². The quantitative estimate of drug-likeness (QED) is 0.461. The van der Waals surface area contributed by atoms with E-state index in [2.05, 4.69) is 51.7 Å². The fourth-order valence-electron chi connectivity index (χ4n) is 3.87. The van der Waals surface area contributed by atoms with Crippen molar-refractivity contribution in [2.75, 3.05) is 25.0 Å². The first-order valence-electron chi connectivity index (χ1n) is 11.0. The van der Waals surface area contributed by atoms with Gasteiger partial charge in [-0.2, -0.15) is 5.10 Å². The number of nitrogens with zero attached hydrogens (tertiary/aromatic N) is 6. The van der Waals surface area contributed by atoms with Crippen LogP contribution in [0, 0.1) is 0 Å². The number of amides is 1. The number of benzene rings is 1. The molecule has 0 aliphatic rings. The number of hydrogen-bond acceptors (Lipinski definition) is 5. The number of carbonyl (C=O) groups excluding carboxylic acids is 1. The molecule has 0 atom stereocenters. The lowest BCUT2D eigenvalue weighted by Crippen LogP contribution is -2.22. The van der Waals surface area contributed by atoms with Gasteiger partial charge in [0.1, 0.15) is 11.6 Å². The number of nitrogens with one attached hydrogen (secondary N) is 1. The highest BCUT2D eigenvalue weighted by Crippen LogP contribution is 2.27. The minimum atomic E-state index is -0.130. The SMILES string of the molecule is CCN(CC)c1ccc(-c2nc3cc(C(=O)NC)ccc3n2Cc2ccn(CC)n2)cn1. The summed E-state index contributed by atoms with van der Waals surface area (Å²) in [6.45, 7) is 9.53. The summed E-state index contributed by atoms with van der Waals surface area (Å²) in [6.07, 6.45) is 3.86. The second-order valence-electron chi connectivity index (χ2n) is 7.54.